The van der Waals surface area contributed by atoms with Crippen molar-refractivity contribution in [1.29, 1.82) is 0 Å². The minimum absolute atomic E-state index is 0.314. The number of benzene rings is 3. The first kappa shape index (κ1) is 14.7. The molecule has 3 aromatic carbocycles. The summed E-state index contributed by atoms with van der Waals surface area (Å²) in [6.07, 6.45) is 1.02. The smallest absolute Gasteiger partial charge is 0.0778 e. The summed E-state index contributed by atoms with van der Waals surface area (Å²) in [5.74, 6) is 0.314. The van der Waals surface area contributed by atoms with Gasteiger partial charge in [-0.15, -0.1) is 0 Å². The summed E-state index contributed by atoms with van der Waals surface area (Å²) < 4.78 is 0. The van der Waals surface area contributed by atoms with Gasteiger partial charge in [0.1, 0.15) is 0 Å². The third-order valence-corrected chi connectivity index (χ3v) is 5.44. The number of fused-ring (bicyclic) bond motifs is 3. The second-order valence-corrected chi connectivity index (χ2v) is 7.06. The zero-order valence-corrected chi connectivity index (χ0v) is 14.4. The van der Waals surface area contributed by atoms with Crippen LogP contribution in [0.5, 0.6) is 0 Å². The van der Waals surface area contributed by atoms with Crippen molar-refractivity contribution in [3.8, 4) is 0 Å². The minimum atomic E-state index is 0.314. The summed E-state index contributed by atoms with van der Waals surface area (Å²) in [7, 11) is 0. The Balaban J connectivity index is 1.65. The van der Waals surface area contributed by atoms with Crippen LogP contribution in [0.15, 0.2) is 84.0 Å². The van der Waals surface area contributed by atoms with Crippen molar-refractivity contribution in [3.63, 3.8) is 0 Å². The highest BCUT2D eigenvalue weighted by Crippen LogP contribution is 2.44. The average molecular weight is 345 g/mol. The molecule has 1 heterocycles. The normalized spacial score (nSPS) is 21.0. The third-order valence-electron chi connectivity index (χ3n) is 5.19. The van der Waals surface area contributed by atoms with Gasteiger partial charge in [-0.25, -0.2) is 0 Å². The summed E-state index contributed by atoms with van der Waals surface area (Å²) in [5.41, 5.74) is 6.29. The predicted molar refractivity (Wildman–Crippen MR) is 104 cm³/mol. The van der Waals surface area contributed by atoms with Crippen molar-refractivity contribution in [1.82, 2.24) is 0 Å². The third kappa shape index (κ3) is 2.37. The molecule has 0 N–H and O–H groups in total. The lowest BCUT2D eigenvalue weighted by Crippen LogP contribution is -2.29. The average Bonchev–Trinajstić information content (AvgIpc) is 3.21. The molecule has 0 aromatic heterocycles. The lowest BCUT2D eigenvalue weighted by atomic mass is 9.90. The number of halogens is 1. The SMILES string of the molecule is Clc1ccc(N2N=C(c3ccccc3)[C@H]3c4ccccc4C[C@@H]32)cc1. The Hall–Kier alpha value is -2.58. The Morgan fingerprint density at radius 1 is 0.840 bits per heavy atom. The maximum atomic E-state index is 6.07. The molecule has 2 aliphatic rings. The van der Waals surface area contributed by atoms with Gasteiger partial charge in [0.25, 0.3) is 0 Å². The van der Waals surface area contributed by atoms with Gasteiger partial charge in [-0.1, -0.05) is 66.2 Å². The lowest BCUT2D eigenvalue weighted by molar-refractivity contribution is 0.650. The molecule has 3 heteroatoms. The molecule has 1 aliphatic heterocycles. The van der Waals surface area contributed by atoms with E-state index in [2.05, 4.69) is 71.7 Å². The Morgan fingerprint density at radius 3 is 2.36 bits per heavy atom. The van der Waals surface area contributed by atoms with Gasteiger partial charge in [-0.3, -0.25) is 5.01 Å². The molecule has 0 bridgehead atoms. The summed E-state index contributed by atoms with van der Waals surface area (Å²) >= 11 is 6.07. The molecule has 0 fully saturated rings. The molecule has 0 unspecified atom stereocenters. The van der Waals surface area contributed by atoms with E-state index in [0.717, 1.165) is 22.8 Å². The molecular weight excluding hydrogens is 328 g/mol. The maximum Gasteiger partial charge on any atom is 0.0778 e. The lowest BCUT2D eigenvalue weighted by Gasteiger charge is -2.23. The fourth-order valence-corrected chi connectivity index (χ4v) is 4.20. The van der Waals surface area contributed by atoms with Crippen molar-refractivity contribution in [2.75, 3.05) is 5.01 Å². The van der Waals surface area contributed by atoms with E-state index < -0.39 is 0 Å². The molecule has 0 radical (unpaired) electrons. The molecule has 2 nitrogen and oxygen atoms in total. The molecule has 0 saturated heterocycles. The largest absolute Gasteiger partial charge is 0.261 e. The first-order valence-electron chi connectivity index (χ1n) is 8.58. The van der Waals surface area contributed by atoms with Crippen LogP contribution >= 0.6 is 11.6 Å². The summed E-state index contributed by atoms with van der Waals surface area (Å²) in [4.78, 5) is 0. The van der Waals surface area contributed by atoms with Gasteiger partial charge in [0, 0.05) is 5.02 Å². The Bertz CT molecular complexity index is 947. The molecule has 1 aliphatic carbocycles. The van der Waals surface area contributed by atoms with E-state index in [1.54, 1.807) is 0 Å². The second-order valence-electron chi connectivity index (χ2n) is 6.62. The zero-order valence-electron chi connectivity index (χ0n) is 13.6. The van der Waals surface area contributed by atoms with E-state index in [4.69, 9.17) is 16.7 Å². The van der Waals surface area contributed by atoms with Gasteiger partial charge < -0.3 is 0 Å². The fourth-order valence-electron chi connectivity index (χ4n) is 4.07. The standard InChI is InChI=1S/C22H17ClN2/c23-17-10-12-18(13-11-17)25-20-14-16-8-4-5-9-19(16)21(20)22(24-25)15-6-2-1-3-7-15/h1-13,20-21H,14H2/t20-,21-/m0/s1. The van der Waals surface area contributed by atoms with E-state index in [-0.39, 0.29) is 0 Å². The number of hydrazone groups is 1. The predicted octanol–water partition coefficient (Wildman–Crippen LogP) is 5.27. The molecule has 2 atom stereocenters. The van der Waals surface area contributed by atoms with Crippen molar-refractivity contribution in [2.45, 2.75) is 18.4 Å². The summed E-state index contributed by atoms with van der Waals surface area (Å²) in [6.45, 7) is 0. The highest BCUT2D eigenvalue weighted by molar-refractivity contribution is 6.30. The minimum Gasteiger partial charge on any atom is -0.261 e. The van der Waals surface area contributed by atoms with Crippen LogP contribution in [-0.2, 0) is 6.42 Å². The molecular formula is C22H17ClN2. The molecule has 25 heavy (non-hydrogen) atoms. The van der Waals surface area contributed by atoms with Crippen LogP contribution in [0.1, 0.15) is 22.6 Å². The van der Waals surface area contributed by atoms with Crippen LogP contribution in [0.2, 0.25) is 5.02 Å². The number of nitrogens with zero attached hydrogens (tertiary/aromatic N) is 2. The first-order valence-corrected chi connectivity index (χ1v) is 8.95. The van der Waals surface area contributed by atoms with Crippen molar-refractivity contribution < 1.29 is 0 Å². The van der Waals surface area contributed by atoms with Gasteiger partial charge in [0.05, 0.1) is 23.4 Å². The second kappa shape index (κ2) is 5.75. The zero-order chi connectivity index (χ0) is 16.8. The maximum absolute atomic E-state index is 6.07. The van der Waals surface area contributed by atoms with Crippen LogP contribution in [0.3, 0.4) is 0 Å². The van der Waals surface area contributed by atoms with Crippen molar-refractivity contribution >= 4 is 23.0 Å². The van der Waals surface area contributed by atoms with Gasteiger partial charge in [0.15, 0.2) is 0 Å². The Morgan fingerprint density at radius 2 is 1.56 bits per heavy atom. The van der Waals surface area contributed by atoms with Gasteiger partial charge in [0.2, 0.25) is 0 Å². The van der Waals surface area contributed by atoms with E-state index in [9.17, 15) is 0 Å². The number of anilines is 1. The Labute approximate surface area is 152 Å². The van der Waals surface area contributed by atoms with Gasteiger partial charge in [-0.05, 0) is 47.4 Å². The number of hydrogen-bond donors (Lipinski definition) is 0. The molecule has 0 amide bonds. The molecule has 5 rings (SSSR count). The summed E-state index contributed by atoms with van der Waals surface area (Å²) in [6, 6.07) is 27.6. The van der Waals surface area contributed by atoms with E-state index in [0.29, 0.717) is 12.0 Å². The molecule has 122 valence electrons. The topological polar surface area (TPSA) is 15.6 Å². The van der Waals surface area contributed by atoms with Crippen LogP contribution in [0.4, 0.5) is 5.69 Å². The number of hydrogen-bond acceptors (Lipinski definition) is 2. The highest BCUT2D eigenvalue weighted by Gasteiger charge is 2.44. The van der Waals surface area contributed by atoms with Gasteiger partial charge in [-0.2, -0.15) is 5.10 Å². The quantitative estimate of drug-likeness (QED) is 0.618. The summed E-state index contributed by atoms with van der Waals surface area (Å²) in [5, 5.41) is 7.98. The van der Waals surface area contributed by atoms with E-state index >= 15 is 0 Å². The van der Waals surface area contributed by atoms with Crippen molar-refractivity contribution in [3.05, 3.63) is 101 Å². The van der Waals surface area contributed by atoms with Crippen LogP contribution in [-0.4, -0.2) is 11.8 Å². The van der Waals surface area contributed by atoms with Crippen LogP contribution < -0.4 is 5.01 Å². The van der Waals surface area contributed by atoms with Crippen LogP contribution in [0, 0.1) is 0 Å². The van der Waals surface area contributed by atoms with Gasteiger partial charge >= 0.3 is 0 Å². The molecule has 0 saturated carbocycles. The molecule has 3 aromatic rings. The Kier molecular flexibility index (Phi) is 3.39. The van der Waals surface area contributed by atoms with E-state index in [1.165, 1.54) is 16.7 Å². The fraction of sp³-hybridized carbons (Fsp3) is 0.136. The van der Waals surface area contributed by atoms with Crippen LogP contribution in [0.25, 0.3) is 0 Å². The monoisotopic (exact) mass is 344 g/mol. The highest BCUT2D eigenvalue weighted by atomic mass is 35.5. The van der Waals surface area contributed by atoms with E-state index in [1.807, 2.05) is 12.1 Å². The van der Waals surface area contributed by atoms with Crippen molar-refractivity contribution in [2.24, 2.45) is 5.10 Å². The number of rotatable bonds is 2. The molecule has 0 spiro atoms. The first-order chi connectivity index (χ1) is 12.3.